The molecule has 0 saturated heterocycles. The van der Waals surface area contributed by atoms with Crippen molar-refractivity contribution in [3.8, 4) is 5.75 Å². The number of alkyl halides is 2. The molecule has 0 radical (unpaired) electrons. The summed E-state index contributed by atoms with van der Waals surface area (Å²) in [6.07, 6.45) is 1.24. The van der Waals surface area contributed by atoms with Gasteiger partial charge in [0.25, 0.3) is 0 Å². The van der Waals surface area contributed by atoms with Crippen molar-refractivity contribution in [1.82, 2.24) is 4.98 Å². The number of benzene rings is 1. The fraction of sp³-hybridized carbons (Fsp3) is 0.294. The Bertz CT molecular complexity index is 751. The number of carbonyl (C=O) groups is 1. The molecule has 0 bridgehead atoms. The molecule has 7 heteroatoms. The third kappa shape index (κ3) is 2.77. The van der Waals surface area contributed by atoms with Crippen LogP contribution in [0, 0.1) is 0 Å². The molecule has 0 atom stereocenters. The first-order chi connectivity index (χ1) is 11.4. The number of amides is 1. The molecular formula is C17H17F2N3O2. The first-order valence-electron chi connectivity index (χ1n) is 7.46. The van der Waals surface area contributed by atoms with E-state index in [1.54, 1.807) is 18.2 Å². The molecule has 2 heterocycles. The van der Waals surface area contributed by atoms with Crippen LogP contribution in [0.5, 0.6) is 5.75 Å². The van der Waals surface area contributed by atoms with Crippen LogP contribution >= 0.6 is 0 Å². The smallest absolute Gasteiger partial charge is 0.366 e. The average Bonchev–Trinajstić information content (AvgIpc) is 2.60. The van der Waals surface area contributed by atoms with Crippen LogP contribution in [-0.4, -0.2) is 38.1 Å². The highest BCUT2D eigenvalue weighted by atomic mass is 19.3. The maximum absolute atomic E-state index is 14.5. The molecule has 1 aliphatic heterocycles. The largest absolute Gasteiger partial charge is 0.489 e. The molecule has 0 aliphatic carbocycles. The van der Waals surface area contributed by atoms with Gasteiger partial charge in [-0.05, 0) is 24.3 Å². The number of carbonyl (C=O) groups excluding carboxylic acids is 1. The number of ether oxygens (including phenoxy) is 1. The summed E-state index contributed by atoms with van der Waals surface area (Å²) in [4.78, 5) is 19.0. The van der Waals surface area contributed by atoms with Crippen molar-refractivity contribution in [1.29, 1.82) is 0 Å². The van der Waals surface area contributed by atoms with Crippen LogP contribution in [0.25, 0.3) is 0 Å². The number of nitrogens with zero attached hydrogens (tertiary/aromatic N) is 3. The van der Waals surface area contributed by atoms with Crippen LogP contribution in [0.1, 0.15) is 5.69 Å². The second kappa shape index (κ2) is 6.07. The zero-order chi connectivity index (χ0) is 17.3. The lowest BCUT2D eigenvalue weighted by Gasteiger charge is -2.32. The summed E-state index contributed by atoms with van der Waals surface area (Å²) in [6, 6.07) is 9.21. The lowest BCUT2D eigenvalue weighted by atomic mass is 10.1. The SMILES string of the molecule is CN(C)c1ccc2c(c1)OCCN2C(=O)C(F)(F)c1ccccn1. The molecule has 1 amide bonds. The van der Waals surface area contributed by atoms with E-state index in [2.05, 4.69) is 4.98 Å². The van der Waals surface area contributed by atoms with Crippen molar-refractivity contribution >= 4 is 17.3 Å². The minimum absolute atomic E-state index is 0.0650. The molecular weight excluding hydrogens is 316 g/mol. The molecule has 0 spiro atoms. The molecule has 1 aromatic heterocycles. The Morgan fingerprint density at radius 1 is 1.29 bits per heavy atom. The minimum atomic E-state index is -3.70. The topological polar surface area (TPSA) is 45.7 Å². The fourth-order valence-corrected chi connectivity index (χ4v) is 2.53. The zero-order valence-corrected chi connectivity index (χ0v) is 13.4. The van der Waals surface area contributed by atoms with Crippen molar-refractivity contribution in [2.45, 2.75) is 5.92 Å². The molecule has 0 N–H and O–H groups in total. The Morgan fingerprint density at radius 2 is 2.08 bits per heavy atom. The number of anilines is 2. The quantitative estimate of drug-likeness (QED) is 0.866. The summed E-state index contributed by atoms with van der Waals surface area (Å²) in [7, 11) is 3.73. The standard InChI is InChI=1S/C17H17F2N3O2/c1-21(2)12-6-7-13-14(11-12)24-10-9-22(13)16(23)17(18,19)15-5-3-4-8-20-15/h3-8,11H,9-10H2,1-2H3. The van der Waals surface area contributed by atoms with E-state index in [9.17, 15) is 13.6 Å². The first kappa shape index (κ1) is 16.2. The Hall–Kier alpha value is -2.70. The van der Waals surface area contributed by atoms with Gasteiger partial charge < -0.3 is 9.64 Å². The third-order valence-corrected chi connectivity index (χ3v) is 3.82. The van der Waals surface area contributed by atoms with Crippen LogP contribution in [0.3, 0.4) is 0 Å². The Labute approximate surface area is 138 Å². The van der Waals surface area contributed by atoms with Gasteiger partial charge in [0, 0.05) is 32.0 Å². The lowest BCUT2D eigenvalue weighted by Crippen LogP contribution is -2.46. The fourth-order valence-electron chi connectivity index (χ4n) is 2.53. The van der Waals surface area contributed by atoms with Crippen molar-refractivity contribution in [2.75, 3.05) is 37.0 Å². The number of rotatable bonds is 3. The van der Waals surface area contributed by atoms with E-state index in [0.29, 0.717) is 11.4 Å². The molecule has 0 fully saturated rings. The van der Waals surface area contributed by atoms with Crippen LogP contribution < -0.4 is 14.5 Å². The second-order valence-electron chi connectivity index (χ2n) is 5.64. The predicted octanol–water partition coefficient (Wildman–Crippen LogP) is 2.67. The van der Waals surface area contributed by atoms with Gasteiger partial charge in [0.2, 0.25) is 0 Å². The highest BCUT2D eigenvalue weighted by Crippen LogP contribution is 2.38. The van der Waals surface area contributed by atoms with Gasteiger partial charge in [-0.2, -0.15) is 8.78 Å². The van der Waals surface area contributed by atoms with Gasteiger partial charge in [0.05, 0.1) is 12.2 Å². The van der Waals surface area contributed by atoms with E-state index in [4.69, 9.17) is 4.74 Å². The number of hydrogen-bond acceptors (Lipinski definition) is 4. The third-order valence-electron chi connectivity index (χ3n) is 3.82. The maximum Gasteiger partial charge on any atom is 0.366 e. The Balaban J connectivity index is 1.95. The van der Waals surface area contributed by atoms with Gasteiger partial charge in [0.15, 0.2) is 0 Å². The Kier molecular flexibility index (Phi) is 4.09. The monoisotopic (exact) mass is 333 g/mol. The molecule has 1 aromatic carbocycles. The summed E-state index contributed by atoms with van der Waals surface area (Å²) >= 11 is 0. The van der Waals surface area contributed by atoms with Gasteiger partial charge in [-0.3, -0.25) is 14.7 Å². The van der Waals surface area contributed by atoms with Gasteiger partial charge in [-0.25, -0.2) is 0 Å². The van der Waals surface area contributed by atoms with Crippen LogP contribution in [0.4, 0.5) is 20.2 Å². The number of halogens is 2. The highest BCUT2D eigenvalue weighted by molar-refractivity contribution is 6.00. The van der Waals surface area contributed by atoms with E-state index >= 15 is 0 Å². The molecule has 1 aliphatic rings. The van der Waals surface area contributed by atoms with E-state index < -0.39 is 17.5 Å². The molecule has 3 rings (SSSR count). The van der Waals surface area contributed by atoms with E-state index in [-0.39, 0.29) is 13.2 Å². The summed E-state index contributed by atoms with van der Waals surface area (Å²) in [5, 5.41) is 0. The van der Waals surface area contributed by atoms with Crippen LogP contribution in [0.2, 0.25) is 0 Å². The second-order valence-corrected chi connectivity index (χ2v) is 5.64. The molecule has 2 aromatic rings. The molecule has 0 saturated carbocycles. The average molecular weight is 333 g/mol. The van der Waals surface area contributed by atoms with Crippen molar-refractivity contribution < 1.29 is 18.3 Å². The number of pyridine rings is 1. The molecule has 24 heavy (non-hydrogen) atoms. The highest BCUT2D eigenvalue weighted by Gasteiger charge is 2.46. The normalized spacial score (nSPS) is 13.9. The van der Waals surface area contributed by atoms with E-state index in [1.807, 2.05) is 19.0 Å². The maximum atomic E-state index is 14.5. The van der Waals surface area contributed by atoms with Gasteiger partial charge in [-0.15, -0.1) is 0 Å². The van der Waals surface area contributed by atoms with E-state index in [1.165, 1.54) is 18.3 Å². The number of fused-ring (bicyclic) bond motifs is 1. The first-order valence-corrected chi connectivity index (χ1v) is 7.46. The molecule has 5 nitrogen and oxygen atoms in total. The summed E-state index contributed by atoms with van der Waals surface area (Å²) in [5.41, 5.74) is 0.639. The number of aromatic nitrogens is 1. The van der Waals surface area contributed by atoms with Gasteiger partial charge >= 0.3 is 11.8 Å². The lowest BCUT2D eigenvalue weighted by molar-refractivity contribution is -0.144. The Morgan fingerprint density at radius 3 is 2.75 bits per heavy atom. The summed E-state index contributed by atoms with van der Waals surface area (Å²) in [6.45, 7) is 0.226. The van der Waals surface area contributed by atoms with Crippen LogP contribution in [0.15, 0.2) is 42.6 Å². The molecule has 0 unspecified atom stereocenters. The predicted molar refractivity (Wildman–Crippen MR) is 86.7 cm³/mol. The summed E-state index contributed by atoms with van der Waals surface area (Å²) in [5.74, 6) is -4.59. The molecule has 126 valence electrons. The van der Waals surface area contributed by atoms with Crippen molar-refractivity contribution in [3.63, 3.8) is 0 Å². The van der Waals surface area contributed by atoms with Crippen LogP contribution in [-0.2, 0) is 10.7 Å². The van der Waals surface area contributed by atoms with Crippen molar-refractivity contribution in [2.24, 2.45) is 0 Å². The summed E-state index contributed by atoms with van der Waals surface area (Å²) < 4.78 is 34.6. The van der Waals surface area contributed by atoms with Crippen molar-refractivity contribution in [3.05, 3.63) is 48.3 Å². The zero-order valence-electron chi connectivity index (χ0n) is 13.4. The number of hydrogen-bond donors (Lipinski definition) is 0. The van der Waals surface area contributed by atoms with Gasteiger partial charge in [0.1, 0.15) is 18.1 Å². The minimum Gasteiger partial charge on any atom is -0.489 e. The van der Waals surface area contributed by atoms with Gasteiger partial charge in [-0.1, -0.05) is 6.07 Å². The van der Waals surface area contributed by atoms with E-state index in [0.717, 1.165) is 16.7 Å².